The van der Waals surface area contributed by atoms with Crippen molar-refractivity contribution < 1.29 is 4.79 Å². The minimum absolute atomic E-state index is 0.235. The summed E-state index contributed by atoms with van der Waals surface area (Å²) in [6.45, 7) is 3.50. The molecule has 29 heavy (non-hydrogen) atoms. The lowest BCUT2D eigenvalue weighted by Gasteiger charge is -2.36. The van der Waals surface area contributed by atoms with E-state index in [1.807, 2.05) is 24.3 Å². The number of piperazine rings is 1. The molecule has 144 valence electrons. The van der Waals surface area contributed by atoms with Gasteiger partial charge in [-0.25, -0.2) is 9.97 Å². The van der Waals surface area contributed by atoms with E-state index in [9.17, 15) is 4.79 Å². The van der Waals surface area contributed by atoms with Crippen LogP contribution in [0.5, 0.6) is 0 Å². The van der Waals surface area contributed by atoms with Crippen LogP contribution >= 0.6 is 0 Å². The van der Waals surface area contributed by atoms with Gasteiger partial charge in [0.05, 0.1) is 24.0 Å². The number of hydrogen-bond acceptors (Lipinski definition) is 6. The molecule has 7 heteroatoms. The summed E-state index contributed by atoms with van der Waals surface area (Å²) in [5.74, 6) is 0.411. The fourth-order valence-electron chi connectivity index (χ4n) is 3.30. The van der Waals surface area contributed by atoms with Gasteiger partial charge in [0, 0.05) is 37.6 Å². The second kappa shape index (κ2) is 8.40. The van der Waals surface area contributed by atoms with E-state index in [4.69, 9.17) is 5.26 Å². The van der Waals surface area contributed by atoms with Crippen LogP contribution in [0, 0.1) is 11.3 Å². The minimum atomic E-state index is -0.354. The maximum Gasteiger partial charge on any atom is 0.275 e. The molecule has 1 aliphatic rings. The van der Waals surface area contributed by atoms with E-state index in [-0.39, 0.29) is 11.6 Å². The van der Waals surface area contributed by atoms with E-state index in [0.717, 1.165) is 32.0 Å². The second-order valence-electron chi connectivity index (χ2n) is 6.72. The standard InChI is InChI=1S/C22H20N6O/c23-14-17-5-4-6-18(13-17)26-22(29)20-15-25-21(16-24-20)28-11-9-27(10-12-28)19-7-2-1-3-8-19/h1-8,13,15-16H,9-12H2,(H,26,29). The summed E-state index contributed by atoms with van der Waals surface area (Å²) in [5.41, 5.74) is 2.50. The van der Waals surface area contributed by atoms with Crippen molar-refractivity contribution in [3.63, 3.8) is 0 Å². The van der Waals surface area contributed by atoms with Gasteiger partial charge in [-0.15, -0.1) is 0 Å². The SMILES string of the molecule is N#Cc1cccc(NC(=O)c2cnc(N3CCN(c4ccccc4)CC3)cn2)c1. The summed E-state index contributed by atoms with van der Waals surface area (Å²) in [4.78, 5) is 25.6. The molecule has 1 fully saturated rings. The molecular formula is C22H20N6O. The molecule has 2 aromatic carbocycles. The molecule has 4 rings (SSSR count). The Morgan fingerprint density at radius 3 is 2.38 bits per heavy atom. The number of para-hydroxylation sites is 1. The number of amides is 1. The average Bonchev–Trinajstić information content (AvgIpc) is 2.80. The highest BCUT2D eigenvalue weighted by Gasteiger charge is 2.19. The number of nitrogens with one attached hydrogen (secondary N) is 1. The van der Waals surface area contributed by atoms with Crippen molar-refractivity contribution in [2.24, 2.45) is 0 Å². The van der Waals surface area contributed by atoms with Gasteiger partial charge in [-0.1, -0.05) is 24.3 Å². The van der Waals surface area contributed by atoms with E-state index in [2.05, 4.69) is 37.2 Å². The Morgan fingerprint density at radius 1 is 0.931 bits per heavy atom. The quantitative estimate of drug-likeness (QED) is 0.744. The molecule has 0 spiro atoms. The molecule has 3 aromatic rings. The Labute approximate surface area is 169 Å². The van der Waals surface area contributed by atoms with Crippen LogP contribution in [0.2, 0.25) is 0 Å². The third kappa shape index (κ3) is 4.33. The molecule has 1 N–H and O–H groups in total. The molecule has 2 heterocycles. The smallest absolute Gasteiger partial charge is 0.275 e. The third-order valence-corrected chi connectivity index (χ3v) is 4.85. The van der Waals surface area contributed by atoms with Crippen LogP contribution in [-0.4, -0.2) is 42.1 Å². The molecule has 1 saturated heterocycles. The predicted molar refractivity (Wildman–Crippen MR) is 112 cm³/mol. The Bertz CT molecular complexity index is 1020. The Kier molecular flexibility index (Phi) is 5.34. The van der Waals surface area contributed by atoms with E-state index >= 15 is 0 Å². The summed E-state index contributed by atoms with van der Waals surface area (Å²) in [7, 11) is 0. The lowest BCUT2D eigenvalue weighted by Crippen LogP contribution is -2.46. The number of nitriles is 1. The first-order valence-corrected chi connectivity index (χ1v) is 9.41. The summed E-state index contributed by atoms with van der Waals surface area (Å²) in [5, 5.41) is 11.7. The van der Waals surface area contributed by atoms with Crippen LogP contribution in [0.4, 0.5) is 17.2 Å². The number of carbonyl (C=O) groups is 1. The first kappa shape index (κ1) is 18.4. The van der Waals surface area contributed by atoms with E-state index in [0.29, 0.717) is 11.3 Å². The Balaban J connectivity index is 1.37. The van der Waals surface area contributed by atoms with Crippen molar-refractivity contribution >= 4 is 23.1 Å². The molecule has 0 radical (unpaired) electrons. The van der Waals surface area contributed by atoms with Crippen LogP contribution in [0.3, 0.4) is 0 Å². The first-order chi connectivity index (χ1) is 14.2. The van der Waals surface area contributed by atoms with E-state index in [1.165, 1.54) is 11.9 Å². The highest BCUT2D eigenvalue weighted by Crippen LogP contribution is 2.18. The zero-order valence-corrected chi connectivity index (χ0v) is 15.8. The van der Waals surface area contributed by atoms with Gasteiger partial charge in [0.1, 0.15) is 11.5 Å². The summed E-state index contributed by atoms with van der Waals surface area (Å²) in [6.07, 6.45) is 3.13. The van der Waals surface area contributed by atoms with Crippen LogP contribution in [0.15, 0.2) is 67.0 Å². The molecular weight excluding hydrogens is 364 g/mol. The largest absolute Gasteiger partial charge is 0.368 e. The number of aromatic nitrogens is 2. The van der Waals surface area contributed by atoms with Gasteiger partial charge in [-0.05, 0) is 30.3 Å². The fraction of sp³-hybridized carbons (Fsp3) is 0.182. The van der Waals surface area contributed by atoms with Crippen LogP contribution in [0.25, 0.3) is 0 Å². The van der Waals surface area contributed by atoms with E-state index < -0.39 is 0 Å². The fourth-order valence-corrected chi connectivity index (χ4v) is 3.30. The first-order valence-electron chi connectivity index (χ1n) is 9.41. The van der Waals surface area contributed by atoms with Gasteiger partial charge in [-0.3, -0.25) is 4.79 Å². The molecule has 0 unspecified atom stereocenters. The molecule has 0 saturated carbocycles. The molecule has 0 aliphatic carbocycles. The van der Waals surface area contributed by atoms with Gasteiger partial charge in [0.2, 0.25) is 0 Å². The molecule has 1 aromatic heterocycles. The Hall–Kier alpha value is -3.92. The summed E-state index contributed by atoms with van der Waals surface area (Å²) in [6, 6.07) is 19.2. The molecule has 0 bridgehead atoms. The maximum absolute atomic E-state index is 12.4. The highest BCUT2D eigenvalue weighted by atomic mass is 16.1. The number of anilines is 3. The van der Waals surface area contributed by atoms with Crippen LogP contribution < -0.4 is 15.1 Å². The van der Waals surface area contributed by atoms with Gasteiger partial charge in [0.25, 0.3) is 5.91 Å². The number of hydrogen-bond donors (Lipinski definition) is 1. The monoisotopic (exact) mass is 384 g/mol. The molecule has 1 aliphatic heterocycles. The zero-order chi connectivity index (χ0) is 20.1. The average molecular weight is 384 g/mol. The highest BCUT2D eigenvalue weighted by molar-refractivity contribution is 6.02. The van der Waals surface area contributed by atoms with Gasteiger partial charge in [-0.2, -0.15) is 5.26 Å². The number of benzene rings is 2. The van der Waals surface area contributed by atoms with Crippen molar-refractivity contribution in [1.82, 2.24) is 9.97 Å². The lowest BCUT2D eigenvalue weighted by molar-refractivity contribution is 0.102. The normalized spacial score (nSPS) is 13.6. The predicted octanol–water partition coefficient (Wildman–Crippen LogP) is 2.93. The zero-order valence-electron chi connectivity index (χ0n) is 15.8. The maximum atomic E-state index is 12.4. The van der Waals surface area contributed by atoms with Gasteiger partial charge >= 0.3 is 0 Å². The van der Waals surface area contributed by atoms with Crippen molar-refractivity contribution in [2.75, 3.05) is 41.3 Å². The van der Waals surface area contributed by atoms with Gasteiger partial charge < -0.3 is 15.1 Å². The van der Waals surface area contributed by atoms with E-state index in [1.54, 1.807) is 30.5 Å². The second-order valence-corrected chi connectivity index (χ2v) is 6.72. The van der Waals surface area contributed by atoms with Crippen molar-refractivity contribution in [3.05, 3.63) is 78.2 Å². The topological polar surface area (TPSA) is 85.1 Å². The van der Waals surface area contributed by atoms with Crippen molar-refractivity contribution in [3.8, 4) is 6.07 Å². The minimum Gasteiger partial charge on any atom is -0.368 e. The van der Waals surface area contributed by atoms with Crippen molar-refractivity contribution in [1.29, 1.82) is 5.26 Å². The van der Waals surface area contributed by atoms with Crippen molar-refractivity contribution in [2.45, 2.75) is 0 Å². The molecule has 0 atom stereocenters. The molecule has 7 nitrogen and oxygen atoms in total. The van der Waals surface area contributed by atoms with Crippen LogP contribution in [0.1, 0.15) is 16.1 Å². The summed E-state index contributed by atoms with van der Waals surface area (Å²) >= 11 is 0. The number of carbonyl (C=O) groups excluding carboxylic acids is 1. The Morgan fingerprint density at radius 2 is 1.69 bits per heavy atom. The number of rotatable bonds is 4. The van der Waals surface area contributed by atoms with Gasteiger partial charge in [0.15, 0.2) is 0 Å². The summed E-state index contributed by atoms with van der Waals surface area (Å²) < 4.78 is 0. The third-order valence-electron chi connectivity index (χ3n) is 4.85. The van der Waals surface area contributed by atoms with Crippen LogP contribution in [-0.2, 0) is 0 Å². The molecule has 1 amide bonds. The number of nitrogens with zero attached hydrogens (tertiary/aromatic N) is 5. The lowest BCUT2D eigenvalue weighted by atomic mass is 10.2.